The molecule has 0 aliphatic carbocycles. The van der Waals surface area contributed by atoms with E-state index in [1.54, 1.807) is 19.4 Å². The van der Waals surface area contributed by atoms with Crippen LogP contribution in [0.5, 0.6) is 5.75 Å². The number of phenols is 1. The van der Waals surface area contributed by atoms with Gasteiger partial charge >= 0.3 is 0 Å². The van der Waals surface area contributed by atoms with E-state index in [0.29, 0.717) is 58.4 Å². The summed E-state index contributed by atoms with van der Waals surface area (Å²) in [6, 6.07) is 11.6. The van der Waals surface area contributed by atoms with E-state index in [-0.39, 0.29) is 5.75 Å². The molecule has 0 radical (unpaired) electrons. The van der Waals surface area contributed by atoms with Crippen LogP contribution in [0.15, 0.2) is 41.4 Å². The first-order chi connectivity index (χ1) is 12.8. The number of ether oxygens (including phenoxy) is 4. The molecular formula is C20H27NO5. The fourth-order valence-electron chi connectivity index (χ4n) is 2.31. The minimum absolute atomic E-state index is 0.231. The standard InChI is InChI=1S/C20H27NO5/c1-23-8-9-25-12-13-26-11-10-24-7-6-21-16-19-14-17-4-2-3-5-18(17)15-20(19)22/h2-5,14-16,22H,6-13H2,1H3. The summed E-state index contributed by atoms with van der Waals surface area (Å²) in [4.78, 5) is 4.30. The lowest BCUT2D eigenvalue weighted by atomic mass is 10.1. The Bertz CT molecular complexity index is 674. The molecule has 142 valence electrons. The van der Waals surface area contributed by atoms with Gasteiger partial charge in [-0.05, 0) is 22.9 Å². The number of aromatic hydroxyl groups is 1. The van der Waals surface area contributed by atoms with Crippen molar-refractivity contribution >= 4 is 17.0 Å². The maximum absolute atomic E-state index is 10.0. The van der Waals surface area contributed by atoms with Gasteiger partial charge in [0, 0.05) is 18.9 Å². The van der Waals surface area contributed by atoms with E-state index in [0.717, 1.165) is 10.8 Å². The van der Waals surface area contributed by atoms with Crippen molar-refractivity contribution in [1.82, 2.24) is 0 Å². The Morgan fingerprint density at radius 3 is 2.08 bits per heavy atom. The van der Waals surface area contributed by atoms with Crippen LogP contribution >= 0.6 is 0 Å². The lowest BCUT2D eigenvalue weighted by molar-refractivity contribution is 0.00472. The van der Waals surface area contributed by atoms with Crippen molar-refractivity contribution in [2.75, 3.05) is 59.9 Å². The van der Waals surface area contributed by atoms with Gasteiger partial charge in [-0.15, -0.1) is 0 Å². The molecule has 26 heavy (non-hydrogen) atoms. The Labute approximate surface area is 154 Å². The Kier molecular flexibility index (Phi) is 9.67. The number of hydrogen-bond donors (Lipinski definition) is 1. The summed E-state index contributed by atoms with van der Waals surface area (Å²) in [5.74, 6) is 0.231. The molecule has 0 bridgehead atoms. The second-order valence-corrected chi connectivity index (χ2v) is 5.62. The van der Waals surface area contributed by atoms with E-state index in [4.69, 9.17) is 18.9 Å². The van der Waals surface area contributed by atoms with Crippen LogP contribution in [-0.4, -0.2) is 71.2 Å². The smallest absolute Gasteiger partial charge is 0.124 e. The summed E-state index contributed by atoms with van der Waals surface area (Å²) in [6.07, 6.45) is 1.68. The van der Waals surface area contributed by atoms with Gasteiger partial charge in [0.2, 0.25) is 0 Å². The van der Waals surface area contributed by atoms with Crippen LogP contribution < -0.4 is 0 Å². The monoisotopic (exact) mass is 361 g/mol. The van der Waals surface area contributed by atoms with Gasteiger partial charge in [-0.3, -0.25) is 4.99 Å². The van der Waals surface area contributed by atoms with Crippen LogP contribution in [0.4, 0.5) is 0 Å². The van der Waals surface area contributed by atoms with Gasteiger partial charge in [0.05, 0.1) is 52.8 Å². The zero-order valence-electron chi connectivity index (χ0n) is 15.2. The molecular weight excluding hydrogens is 334 g/mol. The zero-order valence-corrected chi connectivity index (χ0v) is 15.2. The van der Waals surface area contributed by atoms with Crippen molar-refractivity contribution in [2.24, 2.45) is 4.99 Å². The number of phenolic OH excluding ortho intramolecular Hbond substituents is 1. The summed E-state index contributed by atoms with van der Waals surface area (Å²) in [6.45, 7) is 4.39. The molecule has 0 fully saturated rings. The molecule has 0 aliphatic rings. The van der Waals surface area contributed by atoms with Crippen LogP contribution in [0.2, 0.25) is 0 Å². The molecule has 2 aromatic rings. The van der Waals surface area contributed by atoms with E-state index >= 15 is 0 Å². The van der Waals surface area contributed by atoms with Gasteiger partial charge in [-0.25, -0.2) is 0 Å². The average Bonchev–Trinajstić information content (AvgIpc) is 2.65. The third-order valence-electron chi connectivity index (χ3n) is 3.67. The quantitative estimate of drug-likeness (QED) is 0.439. The van der Waals surface area contributed by atoms with E-state index in [9.17, 15) is 5.11 Å². The summed E-state index contributed by atoms with van der Waals surface area (Å²) in [5.41, 5.74) is 0.709. The Morgan fingerprint density at radius 1 is 0.846 bits per heavy atom. The molecule has 1 N–H and O–H groups in total. The van der Waals surface area contributed by atoms with Crippen molar-refractivity contribution in [3.05, 3.63) is 42.0 Å². The molecule has 2 rings (SSSR count). The van der Waals surface area contributed by atoms with Gasteiger partial charge in [0.15, 0.2) is 0 Å². The largest absolute Gasteiger partial charge is 0.507 e. The number of rotatable bonds is 13. The van der Waals surface area contributed by atoms with Crippen LogP contribution in [0, 0.1) is 0 Å². The van der Waals surface area contributed by atoms with E-state index in [1.807, 2.05) is 30.3 Å². The third kappa shape index (κ3) is 7.49. The van der Waals surface area contributed by atoms with Crippen LogP contribution in [-0.2, 0) is 18.9 Å². The highest BCUT2D eigenvalue weighted by Crippen LogP contribution is 2.23. The maximum Gasteiger partial charge on any atom is 0.124 e. The van der Waals surface area contributed by atoms with Crippen molar-refractivity contribution in [3.8, 4) is 5.75 Å². The normalized spacial score (nSPS) is 11.6. The number of hydrogen-bond acceptors (Lipinski definition) is 6. The van der Waals surface area contributed by atoms with Gasteiger partial charge in [0.1, 0.15) is 5.75 Å². The van der Waals surface area contributed by atoms with E-state index in [1.165, 1.54) is 0 Å². The first-order valence-corrected chi connectivity index (χ1v) is 8.75. The van der Waals surface area contributed by atoms with Gasteiger partial charge < -0.3 is 24.1 Å². The van der Waals surface area contributed by atoms with Crippen LogP contribution in [0.3, 0.4) is 0 Å². The number of benzene rings is 2. The van der Waals surface area contributed by atoms with Gasteiger partial charge in [0.25, 0.3) is 0 Å². The fourth-order valence-corrected chi connectivity index (χ4v) is 2.31. The first-order valence-electron chi connectivity index (χ1n) is 8.75. The van der Waals surface area contributed by atoms with Crippen molar-refractivity contribution < 1.29 is 24.1 Å². The van der Waals surface area contributed by atoms with Crippen molar-refractivity contribution in [1.29, 1.82) is 0 Å². The summed E-state index contributed by atoms with van der Waals surface area (Å²) >= 11 is 0. The highest BCUT2D eigenvalue weighted by molar-refractivity contribution is 5.93. The molecule has 0 aliphatic heterocycles. The lowest BCUT2D eigenvalue weighted by Crippen LogP contribution is -2.12. The second-order valence-electron chi connectivity index (χ2n) is 5.62. The van der Waals surface area contributed by atoms with Crippen molar-refractivity contribution in [3.63, 3.8) is 0 Å². The third-order valence-corrected chi connectivity index (χ3v) is 3.67. The summed E-state index contributed by atoms with van der Waals surface area (Å²) < 4.78 is 21.0. The summed E-state index contributed by atoms with van der Waals surface area (Å²) in [5, 5.41) is 12.1. The minimum atomic E-state index is 0.231. The highest BCUT2D eigenvalue weighted by Gasteiger charge is 2.01. The fraction of sp³-hybridized carbons (Fsp3) is 0.450. The van der Waals surface area contributed by atoms with Gasteiger partial charge in [-0.2, -0.15) is 0 Å². The first kappa shape index (κ1) is 20.3. The maximum atomic E-state index is 10.0. The van der Waals surface area contributed by atoms with E-state index < -0.39 is 0 Å². The lowest BCUT2D eigenvalue weighted by Gasteiger charge is -2.06. The Hall–Kier alpha value is -1.99. The van der Waals surface area contributed by atoms with Crippen LogP contribution in [0.25, 0.3) is 10.8 Å². The zero-order chi connectivity index (χ0) is 18.5. The number of fused-ring (bicyclic) bond motifs is 1. The molecule has 2 aromatic carbocycles. The van der Waals surface area contributed by atoms with Crippen molar-refractivity contribution in [2.45, 2.75) is 0 Å². The SMILES string of the molecule is COCCOCCOCCOCCN=Cc1cc2ccccc2cc1O. The molecule has 0 unspecified atom stereocenters. The molecule has 6 nitrogen and oxygen atoms in total. The Morgan fingerprint density at radius 2 is 1.42 bits per heavy atom. The molecule has 0 atom stereocenters. The second kappa shape index (κ2) is 12.4. The molecule has 6 heteroatoms. The predicted molar refractivity (Wildman–Crippen MR) is 102 cm³/mol. The van der Waals surface area contributed by atoms with Gasteiger partial charge in [-0.1, -0.05) is 24.3 Å². The molecule has 0 aromatic heterocycles. The average molecular weight is 361 g/mol. The predicted octanol–water partition coefficient (Wildman–Crippen LogP) is 2.66. The summed E-state index contributed by atoms with van der Waals surface area (Å²) in [7, 11) is 1.64. The molecule has 0 saturated carbocycles. The number of methoxy groups -OCH3 is 1. The Balaban J connectivity index is 1.55. The molecule has 0 saturated heterocycles. The van der Waals surface area contributed by atoms with E-state index in [2.05, 4.69) is 4.99 Å². The number of nitrogens with zero attached hydrogens (tertiary/aromatic N) is 1. The minimum Gasteiger partial charge on any atom is -0.507 e. The molecule has 0 amide bonds. The molecule has 0 heterocycles. The number of aliphatic imine (C=N–C) groups is 1. The topological polar surface area (TPSA) is 69.5 Å². The molecule has 0 spiro atoms. The van der Waals surface area contributed by atoms with Crippen LogP contribution in [0.1, 0.15) is 5.56 Å². The highest BCUT2D eigenvalue weighted by atomic mass is 16.6.